The molecule has 0 saturated carbocycles. The topological polar surface area (TPSA) is 117 Å². The van der Waals surface area contributed by atoms with Gasteiger partial charge in [0.2, 0.25) is 21.1 Å². The van der Waals surface area contributed by atoms with Crippen molar-refractivity contribution >= 4 is 39.3 Å². The summed E-state index contributed by atoms with van der Waals surface area (Å²) in [6, 6.07) is 4.44. The average molecular weight is 488 g/mol. The Balaban J connectivity index is 1.56. The summed E-state index contributed by atoms with van der Waals surface area (Å²) in [6.45, 7) is 5.06. The fourth-order valence-electron chi connectivity index (χ4n) is 3.29. The van der Waals surface area contributed by atoms with E-state index in [-0.39, 0.29) is 22.4 Å². The van der Waals surface area contributed by atoms with Gasteiger partial charge in [-0.1, -0.05) is 23.4 Å². The second-order valence-electron chi connectivity index (χ2n) is 7.07. The summed E-state index contributed by atoms with van der Waals surface area (Å²) >= 11 is 7.60. The maximum atomic E-state index is 13.1. The number of thioether (sulfide) groups is 1. The van der Waals surface area contributed by atoms with Crippen molar-refractivity contribution in [2.75, 3.05) is 32.0 Å². The zero-order chi connectivity index (χ0) is 22.4. The predicted molar refractivity (Wildman–Crippen MR) is 119 cm³/mol. The number of aryl methyl sites for hydroxylation is 1. The highest BCUT2D eigenvalue weighted by molar-refractivity contribution is 7.99. The van der Waals surface area contributed by atoms with Gasteiger partial charge in [0.15, 0.2) is 0 Å². The molecule has 2 aromatic rings. The highest BCUT2D eigenvalue weighted by Gasteiger charge is 2.33. The molecule has 1 fully saturated rings. The smallest absolute Gasteiger partial charge is 0.243 e. The number of hydrogen-bond acceptors (Lipinski definition) is 7. The van der Waals surface area contributed by atoms with Crippen LogP contribution in [0.5, 0.6) is 5.75 Å². The molecule has 1 aliphatic heterocycles. The van der Waals surface area contributed by atoms with Gasteiger partial charge >= 0.3 is 0 Å². The van der Waals surface area contributed by atoms with E-state index < -0.39 is 15.9 Å². The lowest BCUT2D eigenvalue weighted by atomic mass is 9.99. The predicted octanol–water partition coefficient (Wildman–Crippen LogP) is 2.47. The fraction of sp³-hybridized carbons (Fsp3) is 0.526. The average Bonchev–Trinajstić information content (AvgIpc) is 3.17. The Kier molecular flexibility index (Phi) is 8.20. The molecule has 1 aromatic carbocycles. The summed E-state index contributed by atoms with van der Waals surface area (Å²) in [4.78, 5) is 16.9. The fourth-order valence-corrected chi connectivity index (χ4v) is 5.83. The van der Waals surface area contributed by atoms with Crippen molar-refractivity contribution in [1.29, 1.82) is 0 Å². The summed E-state index contributed by atoms with van der Waals surface area (Å²) in [5.41, 5.74) is 0. The molecule has 0 radical (unpaired) electrons. The number of rotatable bonds is 9. The lowest BCUT2D eigenvalue weighted by Crippen LogP contribution is -2.45. The van der Waals surface area contributed by atoms with Crippen LogP contribution < -0.4 is 10.1 Å². The van der Waals surface area contributed by atoms with Gasteiger partial charge < -0.3 is 10.1 Å². The molecule has 1 aromatic heterocycles. The SMILES string of the molecule is CCOc1ccc(S(=O)(=O)N2CCC[C@@H](C(=O)NCCSc3n[nH]c(C)n3)C2)cc1Cl. The molecule has 12 heteroatoms. The van der Waals surface area contributed by atoms with Crippen molar-refractivity contribution in [3.8, 4) is 5.75 Å². The first-order valence-electron chi connectivity index (χ1n) is 10.0. The number of H-pyrrole nitrogens is 1. The molecule has 1 aliphatic rings. The maximum Gasteiger partial charge on any atom is 0.243 e. The van der Waals surface area contributed by atoms with E-state index in [2.05, 4.69) is 20.5 Å². The number of carbonyl (C=O) groups excluding carboxylic acids is 1. The van der Waals surface area contributed by atoms with Gasteiger partial charge in [0.25, 0.3) is 0 Å². The molecule has 2 heterocycles. The minimum atomic E-state index is -3.75. The maximum absolute atomic E-state index is 13.1. The molecular formula is C19H26ClN5O4S2. The van der Waals surface area contributed by atoms with E-state index in [9.17, 15) is 13.2 Å². The third-order valence-electron chi connectivity index (χ3n) is 4.81. The summed E-state index contributed by atoms with van der Waals surface area (Å²) < 4.78 is 32.9. The number of hydrogen-bond donors (Lipinski definition) is 2. The van der Waals surface area contributed by atoms with Crippen LogP contribution in [0, 0.1) is 12.8 Å². The Morgan fingerprint density at radius 2 is 2.26 bits per heavy atom. The third-order valence-corrected chi connectivity index (χ3v) is 7.81. The van der Waals surface area contributed by atoms with Crippen LogP contribution in [0.15, 0.2) is 28.3 Å². The molecule has 31 heavy (non-hydrogen) atoms. The molecule has 9 nitrogen and oxygen atoms in total. The van der Waals surface area contributed by atoms with E-state index >= 15 is 0 Å². The van der Waals surface area contributed by atoms with Crippen molar-refractivity contribution in [2.45, 2.75) is 36.7 Å². The number of nitrogens with zero attached hydrogens (tertiary/aromatic N) is 3. The standard InChI is InChI=1S/C19H26ClN5O4S2/c1-3-29-17-7-6-15(11-16(17)20)31(27,28)25-9-4-5-14(12-25)18(26)21-8-10-30-19-22-13(2)23-24-19/h6-7,11,14H,3-5,8-10,12H2,1-2H3,(H,21,26)(H,22,23,24)/t14-/m1/s1. The van der Waals surface area contributed by atoms with Gasteiger partial charge in [0.1, 0.15) is 11.6 Å². The van der Waals surface area contributed by atoms with Crippen molar-refractivity contribution in [3.63, 3.8) is 0 Å². The zero-order valence-electron chi connectivity index (χ0n) is 17.4. The van der Waals surface area contributed by atoms with Gasteiger partial charge in [-0.15, -0.1) is 5.10 Å². The second kappa shape index (κ2) is 10.7. The van der Waals surface area contributed by atoms with Crippen LogP contribution in [-0.4, -0.2) is 65.8 Å². The van der Waals surface area contributed by atoms with Crippen molar-refractivity contribution in [2.24, 2.45) is 5.92 Å². The number of nitrogens with one attached hydrogen (secondary N) is 2. The summed E-state index contributed by atoms with van der Waals surface area (Å²) in [7, 11) is -3.75. The molecule has 0 spiro atoms. The first-order valence-corrected chi connectivity index (χ1v) is 12.8. The minimum absolute atomic E-state index is 0.0974. The lowest BCUT2D eigenvalue weighted by Gasteiger charge is -2.31. The van der Waals surface area contributed by atoms with Gasteiger partial charge in [0, 0.05) is 25.4 Å². The third kappa shape index (κ3) is 6.12. The first kappa shape index (κ1) is 23.8. The molecule has 0 unspecified atom stereocenters. The Bertz CT molecular complexity index is 1010. The van der Waals surface area contributed by atoms with E-state index in [0.717, 1.165) is 5.82 Å². The summed E-state index contributed by atoms with van der Waals surface area (Å²) in [5, 5.41) is 10.6. The van der Waals surface area contributed by atoms with Crippen LogP contribution in [0.2, 0.25) is 5.02 Å². The van der Waals surface area contributed by atoms with Gasteiger partial charge in [-0.05, 0) is 44.9 Å². The Labute approximate surface area is 191 Å². The summed E-state index contributed by atoms with van der Waals surface area (Å²) in [6.07, 6.45) is 1.27. The monoisotopic (exact) mass is 487 g/mol. The van der Waals surface area contributed by atoms with Crippen LogP contribution in [-0.2, 0) is 14.8 Å². The van der Waals surface area contributed by atoms with Gasteiger partial charge in [-0.2, -0.15) is 4.31 Å². The molecule has 170 valence electrons. The minimum Gasteiger partial charge on any atom is -0.492 e. The van der Waals surface area contributed by atoms with Gasteiger partial charge in [-0.3, -0.25) is 9.89 Å². The normalized spacial score (nSPS) is 17.5. The zero-order valence-corrected chi connectivity index (χ0v) is 19.8. The molecule has 1 atom stereocenters. The highest BCUT2D eigenvalue weighted by atomic mass is 35.5. The Hall–Kier alpha value is -1.82. The van der Waals surface area contributed by atoms with Crippen molar-refractivity contribution in [3.05, 3.63) is 29.0 Å². The first-order chi connectivity index (χ1) is 14.8. The van der Waals surface area contributed by atoms with Crippen LogP contribution in [0.3, 0.4) is 0 Å². The van der Waals surface area contributed by atoms with Gasteiger partial charge in [-0.25, -0.2) is 13.4 Å². The van der Waals surface area contributed by atoms with E-state index in [1.54, 1.807) is 6.07 Å². The Morgan fingerprint density at radius 1 is 1.45 bits per heavy atom. The van der Waals surface area contributed by atoms with Gasteiger partial charge in [0.05, 0.1) is 22.4 Å². The number of benzene rings is 1. The summed E-state index contributed by atoms with van der Waals surface area (Å²) in [5.74, 6) is 1.28. The number of halogens is 1. The van der Waals surface area contributed by atoms with Crippen LogP contribution in [0.1, 0.15) is 25.6 Å². The number of amides is 1. The molecule has 0 aliphatic carbocycles. The number of piperidine rings is 1. The largest absolute Gasteiger partial charge is 0.492 e. The molecule has 2 N–H and O–H groups in total. The van der Waals surface area contributed by atoms with E-state index in [4.69, 9.17) is 16.3 Å². The number of ether oxygens (including phenoxy) is 1. The molecular weight excluding hydrogens is 462 g/mol. The van der Waals surface area contributed by atoms with Crippen molar-refractivity contribution in [1.82, 2.24) is 24.8 Å². The number of carbonyl (C=O) groups is 1. The number of aromatic nitrogens is 3. The lowest BCUT2D eigenvalue weighted by molar-refractivity contribution is -0.125. The Morgan fingerprint density at radius 3 is 2.94 bits per heavy atom. The molecule has 0 bridgehead atoms. The number of sulfonamides is 1. The van der Waals surface area contributed by atoms with Crippen LogP contribution in [0.25, 0.3) is 0 Å². The molecule has 3 rings (SSSR count). The molecule has 1 amide bonds. The van der Waals surface area contributed by atoms with E-state index in [1.165, 1.54) is 28.2 Å². The highest BCUT2D eigenvalue weighted by Crippen LogP contribution is 2.30. The van der Waals surface area contributed by atoms with Crippen molar-refractivity contribution < 1.29 is 17.9 Å². The van der Waals surface area contributed by atoms with E-state index in [0.29, 0.717) is 49.2 Å². The van der Waals surface area contributed by atoms with Crippen LogP contribution in [0.4, 0.5) is 0 Å². The van der Waals surface area contributed by atoms with Crippen LogP contribution >= 0.6 is 23.4 Å². The molecule has 1 saturated heterocycles. The second-order valence-corrected chi connectivity index (χ2v) is 10.5. The van der Waals surface area contributed by atoms with E-state index in [1.807, 2.05) is 13.8 Å². The number of aromatic amines is 1. The quantitative estimate of drug-likeness (QED) is 0.412.